The van der Waals surface area contributed by atoms with Crippen LogP contribution in [0.2, 0.25) is 0 Å². The van der Waals surface area contributed by atoms with E-state index in [1.54, 1.807) is 0 Å². The quantitative estimate of drug-likeness (QED) is 0.848. The molecule has 2 rings (SSSR count). The fraction of sp³-hybridized carbons (Fsp3) is 0.467. The number of urea groups is 1. The highest BCUT2D eigenvalue weighted by molar-refractivity contribution is 6.07. The number of aryl methyl sites for hydroxylation is 1. The van der Waals surface area contributed by atoms with Gasteiger partial charge in [0.15, 0.2) is 0 Å². The molecular formula is C15H20N2O2. The van der Waals surface area contributed by atoms with Gasteiger partial charge in [-0.15, -0.1) is 0 Å². The fourth-order valence-corrected chi connectivity index (χ4v) is 2.60. The largest absolute Gasteiger partial charge is 0.325 e. The van der Waals surface area contributed by atoms with Crippen molar-refractivity contribution < 1.29 is 9.59 Å². The van der Waals surface area contributed by atoms with E-state index in [0.717, 1.165) is 11.1 Å². The average Bonchev–Trinajstić information content (AvgIpc) is 2.55. The number of hydrogen-bond donors (Lipinski definition) is 1. The predicted octanol–water partition coefficient (Wildman–Crippen LogP) is 2.42. The summed E-state index contributed by atoms with van der Waals surface area (Å²) >= 11 is 0. The second-order valence-corrected chi connectivity index (χ2v) is 5.66. The Morgan fingerprint density at radius 2 is 1.79 bits per heavy atom. The van der Waals surface area contributed by atoms with Crippen LogP contribution in [0.3, 0.4) is 0 Å². The van der Waals surface area contributed by atoms with E-state index < -0.39 is 5.54 Å². The molecule has 0 aromatic heterocycles. The van der Waals surface area contributed by atoms with Crippen LogP contribution in [0.15, 0.2) is 24.3 Å². The number of nitrogens with zero attached hydrogens (tertiary/aromatic N) is 1. The van der Waals surface area contributed by atoms with Crippen molar-refractivity contribution >= 4 is 11.9 Å². The number of benzene rings is 1. The topological polar surface area (TPSA) is 49.4 Å². The molecule has 1 aromatic carbocycles. The molecule has 1 unspecified atom stereocenters. The van der Waals surface area contributed by atoms with E-state index in [2.05, 4.69) is 5.32 Å². The Kier molecular flexibility index (Phi) is 3.35. The number of nitrogens with one attached hydrogen (secondary N) is 1. The van der Waals surface area contributed by atoms with Crippen molar-refractivity contribution in [3.8, 4) is 0 Å². The second-order valence-electron chi connectivity index (χ2n) is 5.66. The van der Waals surface area contributed by atoms with Gasteiger partial charge in [0, 0.05) is 7.05 Å². The van der Waals surface area contributed by atoms with Crippen molar-refractivity contribution in [1.82, 2.24) is 10.2 Å². The minimum atomic E-state index is -0.909. The maximum atomic E-state index is 12.5. The lowest BCUT2D eigenvalue weighted by Gasteiger charge is -2.29. The minimum Gasteiger partial charge on any atom is -0.319 e. The molecule has 1 saturated heterocycles. The van der Waals surface area contributed by atoms with Crippen LogP contribution >= 0.6 is 0 Å². The van der Waals surface area contributed by atoms with Crippen molar-refractivity contribution in [3.63, 3.8) is 0 Å². The number of rotatable bonds is 3. The first kappa shape index (κ1) is 13.6. The first-order valence-corrected chi connectivity index (χ1v) is 6.54. The lowest BCUT2D eigenvalue weighted by Crippen LogP contribution is -2.44. The standard InChI is InChI=1S/C15H20N2O2/c1-10(2)9-15(12-7-5-11(3)6-8-12)13(18)17(4)14(19)16-15/h5-8,10H,9H2,1-4H3,(H,16,19). The molecule has 4 heteroatoms. The molecule has 0 aliphatic carbocycles. The molecule has 0 spiro atoms. The van der Waals surface area contributed by atoms with E-state index in [9.17, 15) is 9.59 Å². The molecule has 4 nitrogen and oxygen atoms in total. The third-order valence-electron chi connectivity index (χ3n) is 3.55. The normalized spacial score (nSPS) is 23.1. The van der Waals surface area contributed by atoms with Crippen LogP contribution < -0.4 is 5.32 Å². The summed E-state index contributed by atoms with van der Waals surface area (Å²) in [6, 6.07) is 7.46. The number of hydrogen-bond acceptors (Lipinski definition) is 2. The molecule has 0 saturated carbocycles. The molecular weight excluding hydrogens is 240 g/mol. The molecule has 0 bridgehead atoms. The molecule has 1 atom stereocenters. The summed E-state index contributed by atoms with van der Waals surface area (Å²) in [6.45, 7) is 6.10. The molecule has 102 valence electrons. The maximum Gasteiger partial charge on any atom is 0.325 e. The predicted molar refractivity (Wildman–Crippen MR) is 73.6 cm³/mol. The Balaban J connectivity index is 2.50. The summed E-state index contributed by atoms with van der Waals surface area (Å²) in [7, 11) is 1.52. The van der Waals surface area contributed by atoms with E-state index in [4.69, 9.17) is 0 Å². The smallest absolute Gasteiger partial charge is 0.319 e. The van der Waals surface area contributed by atoms with Crippen LogP contribution in [0.25, 0.3) is 0 Å². The van der Waals surface area contributed by atoms with Crippen LogP contribution in [0.4, 0.5) is 4.79 Å². The van der Waals surface area contributed by atoms with Crippen molar-refractivity contribution in [1.29, 1.82) is 0 Å². The lowest BCUT2D eigenvalue weighted by atomic mass is 9.82. The molecule has 1 heterocycles. The molecule has 1 aliphatic rings. The third kappa shape index (κ3) is 2.23. The van der Waals surface area contributed by atoms with E-state index in [-0.39, 0.29) is 11.9 Å². The SMILES string of the molecule is Cc1ccc(C2(CC(C)C)NC(=O)N(C)C2=O)cc1. The van der Waals surface area contributed by atoms with Crippen molar-refractivity contribution in [2.24, 2.45) is 5.92 Å². The Hall–Kier alpha value is -1.84. The van der Waals surface area contributed by atoms with E-state index in [0.29, 0.717) is 12.3 Å². The Labute approximate surface area is 113 Å². The van der Waals surface area contributed by atoms with Crippen LogP contribution in [-0.4, -0.2) is 23.9 Å². The summed E-state index contributed by atoms with van der Waals surface area (Å²) in [5.74, 6) is 0.132. The number of imide groups is 1. The third-order valence-corrected chi connectivity index (χ3v) is 3.55. The molecule has 0 radical (unpaired) electrons. The zero-order chi connectivity index (χ0) is 14.2. The van der Waals surface area contributed by atoms with Gasteiger partial charge in [-0.05, 0) is 24.8 Å². The highest BCUT2D eigenvalue weighted by atomic mass is 16.2. The Bertz CT molecular complexity index is 507. The molecule has 1 aromatic rings. The van der Waals surface area contributed by atoms with Gasteiger partial charge in [-0.2, -0.15) is 0 Å². The number of amides is 3. The van der Waals surface area contributed by atoms with Crippen molar-refractivity contribution in [2.75, 3.05) is 7.05 Å². The molecule has 19 heavy (non-hydrogen) atoms. The van der Waals surface area contributed by atoms with Gasteiger partial charge in [-0.25, -0.2) is 4.79 Å². The fourth-order valence-electron chi connectivity index (χ4n) is 2.60. The summed E-state index contributed by atoms with van der Waals surface area (Å²) in [5, 5.41) is 2.87. The van der Waals surface area contributed by atoms with Gasteiger partial charge < -0.3 is 5.32 Å². The Morgan fingerprint density at radius 3 is 2.21 bits per heavy atom. The molecule has 1 aliphatic heterocycles. The lowest BCUT2D eigenvalue weighted by molar-refractivity contribution is -0.131. The minimum absolute atomic E-state index is 0.171. The number of carbonyl (C=O) groups is 2. The summed E-state index contributed by atoms with van der Waals surface area (Å²) in [5.41, 5.74) is 1.08. The summed E-state index contributed by atoms with van der Waals surface area (Å²) < 4.78 is 0. The zero-order valence-corrected chi connectivity index (χ0v) is 11.9. The average molecular weight is 260 g/mol. The van der Waals surface area contributed by atoms with Gasteiger partial charge in [0.1, 0.15) is 5.54 Å². The zero-order valence-electron chi connectivity index (χ0n) is 11.9. The first-order chi connectivity index (χ1) is 8.86. The monoisotopic (exact) mass is 260 g/mol. The van der Waals surface area contributed by atoms with E-state index in [1.165, 1.54) is 11.9 Å². The van der Waals surface area contributed by atoms with Gasteiger partial charge in [-0.1, -0.05) is 43.7 Å². The van der Waals surface area contributed by atoms with Crippen molar-refractivity contribution in [2.45, 2.75) is 32.7 Å². The molecule has 3 amide bonds. The highest BCUT2D eigenvalue weighted by Crippen LogP contribution is 2.34. The maximum absolute atomic E-state index is 12.5. The van der Waals surface area contributed by atoms with Crippen LogP contribution in [0, 0.1) is 12.8 Å². The van der Waals surface area contributed by atoms with E-state index >= 15 is 0 Å². The van der Waals surface area contributed by atoms with Gasteiger partial charge in [0.05, 0.1) is 0 Å². The van der Waals surface area contributed by atoms with E-state index in [1.807, 2.05) is 45.0 Å². The second kappa shape index (κ2) is 4.68. The Morgan fingerprint density at radius 1 is 1.21 bits per heavy atom. The molecule has 1 N–H and O–H groups in total. The number of likely N-dealkylation sites (N-methyl/N-ethyl adjacent to an activating group) is 1. The van der Waals surface area contributed by atoms with Gasteiger partial charge >= 0.3 is 6.03 Å². The van der Waals surface area contributed by atoms with Crippen molar-refractivity contribution in [3.05, 3.63) is 35.4 Å². The van der Waals surface area contributed by atoms with Gasteiger partial charge in [0.25, 0.3) is 5.91 Å². The van der Waals surface area contributed by atoms with Crippen LogP contribution in [0.1, 0.15) is 31.4 Å². The number of carbonyl (C=O) groups excluding carboxylic acids is 2. The first-order valence-electron chi connectivity index (χ1n) is 6.54. The van der Waals surface area contributed by atoms with Crippen LogP contribution in [-0.2, 0) is 10.3 Å². The summed E-state index contributed by atoms with van der Waals surface area (Å²) in [6.07, 6.45) is 0.602. The van der Waals surface area contributed by atoms with Gasteiger partial charge in [0.2, 0.25) is 0 Å². The highest BCUT2D eigenvalue weighted by Gasteiger charge is 2.50. The van der Waals surface area contributed by atoms with Gasteiger partial charge in [-0.3, -0.25) is 9.69 Å². The van der Waals surface area contributed by atoms with Crippen LogP contribution in [0.5, 0.6) is 0 Å². The molecule has 1 fully saturated rings. The summed E-state index contributed by atoms with van der Waals surface area (Å²) in [4.78, 5) is 25.5.